The van der Waals surface area contributed by atoms with Gasteiger partial charge in [-0.15, -0.1) is 0 Å². The van der Waals surface area contributed by atoms with Crippen LogP contribution in [0.5, 0.6) is 0 Å². The van der Waals surface area contributed by atoms with Crippen LogP contribution in [0, 0.1) is 24.1 Å². The number of amides is 2. The molecular formula is C32H22FN3O5S. The van der Waals surface area contributed by atoms with Gasteiger partial charge in [-0.2, -0.15) is 5.26 Å². The fourth-order valence-corrected chi connectivity index (χ4v) is 5.51. The van der Waals surface area contributed by atoms with E-state index in [1.54, 1.807) is 6.07 Å². The van der Waals surface area contributed by atoms with E-state index in [1.807, 2.05) is 37.3 Å². The number of esters is 1. The zero-order valence-electron chi connectivity index (χ0n) is 22.2. The molecule has 0 bridgehead atoms. The summed E-state index contributed by atoms with van der Waals surface area (Å²) in [5, 5.41) is 9.28. The van der Waals surface area contributed by atoms with E-state index >= 15 is 0 Å². The fraction of sp³-hybridized carbons (Fsp3) is 0.125. The SMILES string of the molecule is Cc1cc(C#N)c(SC2CC(=O)N(c3ccc(C(=O)OCC(=O)c4ccc(F)cc4)cc3)C2=O)nc1-c1ccccc1. The van der Waals surface area contributed by atoms with Gasteiger partial charge in [0.15, 0.2) is 12.4 Å². The van der Waals surface area contributed by atoms with Gasteiger partial charge in [-0.3, -0.25) is 14.4 Å². The molecule has 1 aromatic heterocycles. The predicted molar refractivity (Wildman–Crippen MR) is 153 cm³/mol. The minimum atomic E-state index is -0.787. The summed E-state index contributed by atoms with van der Waals surface area (Å²) in [5.41, 5.74) is 3.29. The van der Waals surface area contributed by atoms with Crippen LogP contribution in [0.3, 0.4) is 0 Å². The zero-order valence-corrected chi connectivity index (χ0v) is 23.1. The van der Waals surface area contributed by atoms with Gasteiger partial charge in [0.05, 0.1) is 27.8 Å². The number of halogens is 1. The lowest BCUT2D eigenvalue weighted by atomic mass is 10.1. The number of benzene rings is 3. The smallest absolute Gasteiger partial charge is 0.338 e. The highest BCUT2D eigenvalue weighted by atomic mass is 32.2. The predicted octanol–water partition coefficient (Wildman–Crippen LogP) is 5.53. The summed E-state index contributed by atoms with van der Waals surface area (Å²) in [6.07, 6.45) is -0.0834. The van der Waals surface area contributed by atoms with Gasteiger partial charge >= 0.3 is 5.97 Å². The van der Waals surface area contributed by atoms with Crippen molar-refractivity contribution in [3.05, 3.63) is 113 Å². The molecule has 4 aromatic rings. The molecule has 42 heavy (non-hydrogen) atoms. The number of carbonyl (C=O) groups excluding carboxylic acids is 4. The van der Waals surface area contributed by atoms with Gasteiger partial charge in [-0.05, 0) is 67.1 Å². The Kier molecular flexibility index (Phi) is 8.22. The molecule has 8 nitrogen and oxygen atoms in total. The molecule has 1 fully saturated rings. The molecule has 0 aliphatic carbocycles. The molecule has 0 saturated carbocycles. The van der Waals surface area contributed by atoms with E-state index in [0.717, 1.165) is 39.9 Å². The third-order valence-electron chi connectivity index (χ3n) is 6.57. The molecule has 3 aromatic carbocycles. The molecule has 0 spiro atoms. The van der Waals surface area contributed by atoms with Crippen molar-refractivity contribution in [3.63, 3.8) is 0 Å². The largest absolute Gasteiger partial charge is 0.454 e. The molecule has 0 radical (unpaired) electrons. The van der Waals surface area contributed by atoms with Gasteiger partial charge in [0, 0.05) is 17.5 Å². The van der Waals surface area contributed by atoms with Crippen LogP contribution >= 0.6 is 11.8 Å². The number of hydrogen-bond acceptors (Lipinski definition) is 8. The number of aromatic nitrogens is 1. The van der Waals surface area contributed by atoms with Crippen LogP contribution in [0.25, 0.3) is 11.3 Å². The third-order valence-corrected chi connectivity index (χ3v) is 7.75. The Balaban J connectivity index is 1.27. The molecule has 1 unspecified atom stereocenters. The van der Waals surface area contributed by atoms with Crippen LogP contribution in [0.4, 0.5) is 10.1 Å². The molecule has 10 heteroatoms. The van der Waals surface area contributed by atoms with Gasteiger partial charge in [0.2, 0.25) is 11.8 Å². The van der Waals surface area contributed by atoms with Gasteiger partial charge in [-0.1, -0.05) is 42.1 Å². The van der Waals surface area contributed by atoms with E-state index in [9.17, 15) is 28.8 Å². The van der Waals surface area contributed by atoms with Crippen molar-refractivity contribution < 1.29 is 28.3 Å². The lowest BCUT2D eigenvalue weighted by molar-refractivity contribution is -0.121. The number of aryl methyl sites for hydroxylation is 1. The number of imide groups is 1. The summed E-state index contributed by atoms with van der Waals surface area (Å²) >= 11 is 1.07. The Morgan fingerprint density at radius 3 is 2.36 bits per heavy atom. The Morgan fingerprint density at radius 2 is 1.69 bits per heavy atom. The number of thioether (sulfide) groups is 1. The molecule has 2 amide bonds. The molecule has 1 aliphatic heterocycles. The first-order valence-electron chi connectivity index (χ1n) is 12.8. The molecule has 1 aliphatic rings. The summed E-state index contributed by atoms with van der Waals surface area (Å²) in [7, 11) is 0. The lowest BCUT2D eigenvalue weighted by Crippen LogP contribution is -2.31. The minimum Gasteiger partial charge on any atom is -0.454 e. The van der Waals surface area contributed by atoms with E-state index in [0.29, 0.717) is 16.3 Å². The Labute approximate surface area is 244 Å². The number of nitriles is 1. The molecule has 1 saturated heterocycles. The normalized spacial score (nSPS) is 14.5. The number of Topliss-reactive ketones (excluding diaryl/α,β-unsaturated/α-hetero) is 1. The number of nitrogens with zero attached hydrogens (tertiary/aromatic N) is 3. The second kappa shape index (κ2) is 12.2. The highest BCUT2D eigenvalue weighted by Gasteiger charge is 2.41. The van der Waals surface area contributed by atoms with E-state index in [1.165, 1.54) is 36.4 Å². The quantitative estimate of drug-likeness (QED) is 0.152. The number of rotatable bonds is 8. The first-order chi connectivity index (χ1) is 20.2. The maximum atomic E-state index is 13.3. The Morgan fingerprint density at radius 1 is 1.02 bits per heavy atom. The molecule has 1 atom stereocenters. The highest BCUT2D eigenvalue weighted by Crippen LogP contribution is 2.36. The average Bonchev–Trinajstić information content (AvgIpc) is 3.29. The summed E-state index contributed by atoms with van der Waals surface area (Å²) in [6, 6.07) is 23.9. The monoisotopic (exact) mass is 579 g/mol. The summed E-state index contributed by atoms with van der Waals surface area (Å²) < 4.78 is 18.1. The average molecular weight is 580 g/mol. The number of pyridine rings is 1. The van der Waals surface area contributed by atoms with Crippen molar-refractivity contribution in [2.75, 3.05) is 11.5 Å². The van der Waals surface area contributed by atoms with Gasteiger partial charge in [0.25, 0.3) is 0 Å². The molecular weight excluding hydrogens is 557 g/mol. The van der Waals surface area contributed by atoms with Crippen LogP contribution in [-0.4, -0.2) is 40.4 Å². The molecule has 5 rings (SSSR count). The molecule has 208 valence electrons. The van der Waals surface area contributed by atoms with Gasteiger partial charge in [0.1, 0.15) is 16.9 Å². The standard InChI is InChI=1S/C32H22FN3O5S/c1-19-15-23(17-34)30(35-29(19)21-5-3-2-4-6-21)42-27-16-28(38)36(31(27)39)25-13-9-22(10-14-25)32(40)41-18-26(37)20-7-11-24(33)12-8-20/h2-15,27H,16,18H2,1H3. The fourth-order valence-electron chi connectivity index (χ4n) is 4.44. The maximum Gasteiger partial charge on any atom is 0.338 e. The van der Waals surface area contributed by atoms with Crippen molar-refractivity contribution in [3.8, 4) is 17.3 Å². The van der Waals surface area contributed by atoms with Crippen molar-refractivity contribution in [2.24, 2.45) is 0 Å². The van der Waals surface area contributed by atoms with Gasteiger partial charge in [-0.25, -0.2) is 19.1 Å². The van der Waals surface area contributed by atoms with E-state index in [-0.39, 0.29) is 23.2 Å². The number of ether oxygens (including phenoxy) is 1. The van der Waals surface area contributed by atoms with Crippen LogP contribution in [0.15, 0.2) is 90.0 Å². The second-order valence-corrected chi connectivity index (χ2v) is 10.6. The van der Waals surface area contributed by atoms with Crippen molar-refractivity contribution in [1.82, 2.24) is 4.98 Å². The topological polar surface area (TPSA) is 117 Å². The minimum absolute atomic E-state index is 0.0834. The number of hydrogen-bond donors (Lipinski definition) is 0. The number of carbonyl (C=O) groups is 4. The third kappa shape index (κ3) is 5.96. The highest BCUT2D eigenvalue weighted by molar-refractivity contribution is 8.00. The summed E-state index contributed by atoms with van der Waals surface area (Å²) in [5.74, 6) is -2.63. The first kappa shape index (κ1) is 28.4. The van der Waals surface area contributed by atoms with Crippen molar-refractivity contribution in [1.29, 1.82) is 5.26 Å². The lowest BCUT2D eigenvalue weighted by Gasteiger charge is -2.16. The van der Waals surface area contributed by atoms with E-state index < -0.39 is 41.2 Å². The first-order valence-corrected chi connectivity index (χ1v) is 13.7. The maximum absolute atomic E-state index is 13.3. The van der Waals surface area contributed by atoms with Crippen LogP contribution < -0.4 is 4.90 Å². The summed E-state index contributed by atoms with van der Waals surface area (Å²) in [4.78, 5) is 56.6. The Bertz CT molecular complexity index is 1740. The molecule has 0 N–H and O–H groups in total. The Hall–Kier alpha value is -5.14. The zero-order chi connectivity index (χ0) is 29.8. The summed E-state index contributed by atoms with van der Waals surface area (Å²) in [6.45, 7) is 1.33. The second-order valence-electron chi connectivity index (χ2n) is 9.42. The van der Waals surface area contributed by atoms with Crippen molar-refractivity contribution in [2.45, 2.75) is 23.6 Å². The van der Waals surface area contributed by atoms with E-state index in [2.05, 4.69) is 11.1 Å². The molecule has 2 heterocycles. The van der Waals surface area contributed by atoms with Crippen LogP contribution in [0.1, 0.15) is 38.3 Å². The van der Waals surface area contributed by atoms with E-state index in [4.69, 9.17) is 4.74 Å². The van der Waals surface area contributed by atoms with Crippen LogP contribution in [0.2, 0.25) is 0 Å². The van der Waals surface area contributed by atoms with Crippen LogP contribution in [-0.2, 0) is 14.3 Å². The van der Waals surface area contributed by atoms with Gasteiger partial charge < -0.3 is 4.74 Å². The number of ketones is 1. The number of anilines is 1. The van der Waals surface area contributed by atoms with Crippen molar-refractivity contribution >= 4 is 41.0 Å².